The highest BCUT2D eigenvalue weighted by molar-refractivity contribution is 6.31. The number of pyridine rings is 1. The van der Waals surface area contributed by atoms with Crippen LogP contribution in [0.4, 0.5) is 11.4 Å². The molecular weight excluding hydrogens is 310 g/mol. The van der Waals surface area contributed by atoms with Crippen molar-refractivity contribution in [2.45, 2.75) is 26.2 Å². The molecule has 1 aliphatic heterocycles. The Bertz CT molecular complexity index is 694. The van der Waals surface area contributed by atoms with Gasteiger partial charge in [-0.2, -0.15) is 0 Å². The Balaban J connectivity index is 1.71. The van der Waals surface area contributed by atoms with Gasteiger partial charge in [0.1, 0.15) is 5.69 Å². The highest BCUT2D eigenvalue weighted by Crippen LogP contribution is 2.26. The van der Waals surface area contributed by atoms with Crippen LogP contribution in [-0.4, -0.2) is 28.9 Å². The van der Waals surface area contributed by atoms with E-state index < -0.39 is 0 Å². The van der Waals surface area contributed by atoms with E-state index in [1.54, 1.807) is 12.3 Å². The van der Waals surface area contributed by atoms with Crippen LogP contribution < -0.4 is 5.32 Å². The summed E-state index contributed by atoms with van der Waals surface area (Å²) in [5.74, 6) is 0.0233. The molecule has 2 heterocycles. The third kappa shape index (κ3) is 3.64. The van der Waals surface area contributed by atoms with Crippen LogP contribution in [-0.2, 0) is 0 Å². The van der Waals surface area contributed by atoms with Gasteiger partial charge in [-0.1, -0.05) is 17.7 Å². The monoisotopic (exact) mass is 329 g/mol. The SMILES string of the molecule is Cc1c(Cl)cccc1Nc1ccc(C(=O)N2CCCCC2)nc1. The molecule has 1 amide bonds. The largest absolute Gasteiger partial charge is 0.354 e. The average molecular weight is 330 g/mol. The van der Waals surface area contributed by atoms with Crippen LogP contribution in [0.25, 0.3) is 0 Å². The summed E-state index contributed by atoms with van der Waals surface area (Å²) in [7, 11) is 0. The Labute approximate surface area is 141 Å². The first kappa shape index (κ1) is 15.8. The molecule has 0 bridgehead atoms. The van der Waals surface area contributed by atoms with Gasteiger partial charge in [-0.15, -0.1) is 0 Å². The van der Waals surface area contributed by atoms with Gasteiger partial charge in [0.25, 0.3) is 5.91 Å². The zero-order valence-electron chi connectivity index (χ0n) is 13.2. The van der Waals surface area contributed by atoms with E-state index in [9.17, 15) is 4.79 Å². The second-order valence-electron chi connectivity index (χ2n) is 5.82. The van der Waals surface area contributed by atoms with E-state index in [1.807, 2.05) is 36.1 Å². The minimum absolute atomic E-state index is 0.0233. The fraction of sp³-hybridized carbons (Fsp3) is 0.333. The first-order valence-corrected chi connectivity index (χ1v) is 8.30. The number of benzene rings is 1. The van der Waals surface area contributed by atoms with Crippen LogP contribution in [0.3, 0.4) is 0 Å². The van der Waals surface area contributed by atoms with Crippen LogP contribution >= 0.6 is 11.6 Å². The lowest BCUT2D eigenvalue weighted by molar-refractivity contribution is 0.0718. The van der Waals surface area contributed by atoms with Gasteiger partial charge >= 0.3 is 0 Å². The molecule has 1 aromatic heterocycles. The molecule has 0 atom stereocenters. The van der Waals surface area contributed by atoms with Crippen LogP contribution in [0.15, 0.2) is 36.5 Å². The van der Waals surface area contributed by atoms with Crippen LogP contribution in [0.2, 0.25) is 5.02 Å². The Morgan fingerprint density at radius 3 is 2.65 bits per heavy atom. The lowest BCUT2D eigenvalue weighted by atomic mass is 10.1. The highest BCUT2D eigenvalue weighted by Gasteiger charge is 2.19. The van der Waals surface area contributed by atoms with Crippen molar-refractivity contribution in [3.8, 4) is 0 Å². The summed E-state index contributed by atoms with van der Waals surface area (Å²) in [5.41, 5.74) is 3.27. The van der Waals surface area contributed by atoms with Crippen molar-refractivity contribution in [2.24, 2.45) is 0 Å². The molecule has 5 heteroatoms. The summed E-state index contributed by atoms with van der Waals surface area (Å²) in [5, 5.41) is 4.01. The van der Waals surface area contributed by atoms with E-state index in [4.69, 9.17) is 11.6 Å². The molecule has 4 nitrogen and oxygen atoms in total. The first-order valence-electron chi connectivity index (χ1n) is 7.92. The standard InChI is InChI=1S/C18H20ClN3O/c1-13-15(19)6-5-7-16(13)21-14-8-9-17(20-12-14)18(23)22-10-3-2-4-11-22/h5-9,12,21H,2-4,10-11H2,1H3. The number of piperidine rings is 1. The van der Waals surface area contributed by atoms with E-state index >= 15 is 0 Å². The van der Waals surface area contributed by atoms with E-state index in [0.29, 0.717) is 5.69 Å². The van der Waals surface area contributed by atoms with E-state index in [-0.39, 0.29) is 5.91 Å². The van der Waals surface area contributed by atoms with Crippen molar-refractivity contribution in [1.29, 1.82) is 0 Å². The van der Waals surface area contributed by atoms with E-state index in [0.717, 1.165) is 47.9 Å². The molecule has 0 radical (unpaired) electrons. The number of carbonyl (C=O) groups is 1. The van der Waals surface area contributed by atoms with Gasteiger partial charge in [0.15, 0.2) is 0 Å². The minimum atomic E-state index is 0.0233. The van der Waals surface area contributed by atoms with Crippen LogP contribution in [0.5, 0.6) is 0 Å². The number of nitrogens with one attached hydrogen (secondary N) is 1. The van der Waals surface area contributed by atoms with Gasteiger partial charge in [-0.05, 0) is 56.0 Å². The fourth-order valence-corrected chi connectivity index (χ4v) is 2.93. The maximum Gasteiger partial charge on any atom is 0.272 e. The number of nitrogens with zero attached hydrogens (tertiary/aromatic N) is 2. The smallest absolute Gasteiger partial charge is 0.272 e. The third-order valence-electron chi connectivity index (χ3n) is 4.17. The average Bonchev–Trinajstić information content (AvgIpc) is 2.60. The molecule has 0 aliphatic carbocycles. The highest BCUT2D eigenvalue weighted by atomic mass is 35.5. The molecule has 1 fully saturated rings. The molecule has 120 valence electrons. The summed E-state index contributed by atoms with van der Waals surface area (Å²) in [4.78, 5) is 18.6. The number of rotatable bonds is 3. The predicted octanol–water partition coefficient (Wildman–Crippen LogP) is 4.41. The molecule has 1 saturated heterocycles. The van der Waals surface area contributed by atoms with Gasteiger partial charge < -0.3 is 10.2 Å². The van der Waals surface area contributed by atoms with Crippen molar-refractivity contribution in [1.82, 2.24) is 9.88 Å². The first-order chi connectivity index (χ1) is 11.1. The minimum Gasteiger partial charge on any atom is -0.354 e. The second-order valence-corrected chi connectivity index (χ2v) is 6.23. The summed E-state index contributed by atoms with van der Waals surface area (Å²) < 4.78 is 0. The van der Waals surface area contributed by atoms with Crippen LogP contribution in [0, 0.1) is 6.92 Å². The molecule has 3 rings (SSSR count). The van der Waals surface area contributed by atoms with Gasteiger partial charge in [0.2, 0.25) is 0 Å². The normalized spacial score (nSPS) is 14.6. The molecule has 2 aromatic rings. The molecule has 1 aromatic carbocycles. The predicted molar refractivity (Wildman–Crippen MR) is 93.5 cm³/mol. The summed E-state index contributed by atoms with van der Waals surface area (Å²) >= 11 is 6.13. The number of aromatic nitrogens is 1. The zero-order valence-corrected chi connectivity index (χ0v) is 13.9. The maximum atomic E-state index is 12.4. The molecule has 0 saturated carbocycles. The fourth-order valence-electron chi connectivity index (χ4n) is 2.75. The van der Waals surface area contributed by atoms with Gasteiger partial charge in [0, 0.05) is 23.8 Å². The quantitative estimate of drug-likeness (QED) is 0.907. The Morgan fingerprint density at radius 1 is 1.17 bits per heavy atom. The van der Waals surface area contributed by atoms with Gasteiger partial charge in [-0.25, -0.2) is 4.98 Å². The molecule has 23 heavy (non-hydrogen) atoms. The summed E-state index contributed by atoms with van der Waals surface area (Å²) in [6.07, 6.45) is 5.06. The van der Waals surface area contributed by atoms with Crippen molar-refractivity contribution < 1.29 is 4.79 Å². The van der Waals surface area contributed by atoms with Gasteiger partial charge in [-0.3, -0.25) is 4.79 Å². The van der Waals surface area contributed by atoms with Crippen molar-refractivity contribution in [3.05, 3.63) is 52.8 Å². The molecule has 1 aliphatic rings. The third-order valence-corrected chi connectivity index (χ3v) is 4.58. The van der Waals surface area contributed by atoms with Gasteiger partial charge in [0.05, 0.1) is 11.9 Å². The van der Waals surface area contributed by atoms with E-state index in [2.05, 4.69) is 10.3 Å². The number of anilines is 2. The molecule has 1 N–H and O–H groups in total. The number of carbonyl (C=O) groups excluding carboxylic acids is 1. The summed E-state index contributed by atoms with van der Waals surface area (Å²) in [6.45, 7) is 3.64. The van der Waals surface area contributed by atoms with Crippen LogP contribution in [0.1, 0.15) is 35.3 Å². The molecule has 0 unspecified atom stereocenters. The second kappa shape index (κ2) is 7.01. The van der Waals surface area contributed by atoms with E-state index in [1.165, 1.54) is 6.42 Å². The Morgan fingerprint density at radius 2 is 1.96 bits per heavy atom. The summed E-state index contributed by atoms with van der Waals surface area (Å²) in [6, 6.07) is 9.39. The maximum absolute atomic E-state index is 12.4. The number of likely N-dealkylation sites (tertiary alicyclic amines) is 1. The molecular formula is C18H20ClN3O. The Hall–Kier alpha value is -2.07. The number of halogens is 1. The van der Waals surface area contributed by atoms with Crippen molar-refractivity contribution >= 4 is 28.9 Å². The lowest BCUT2D eigenvalue weighted by Gasteiger charge is -2.26. The number of hydrogen-bond donors (Lipinski definition) is 1. The van der Waals surface area contributed by atoms with Crippen molar-refractivity contribution in [3.63, 3.8) is 0 Å². The number of amides is 1. The zero-order chi connectivity index (χ0) is 16.2. The topological polar surface area (TPSA) is 45.2 Å². The Kier molecular flexibility index (Phi) is 4.82. The lowest BCUT2D eigenvalue weighted by Crippen LogP contribution is -2.36. The molecule has 0 spiro atoms. The van der Waals surface area contributed by atoms with Crippen molar-refractivity contribution in [2.75, 3.05) is 18.4 Å². The number of hydrogen-bond acceptors (Lipinski definition) is 3.